The summed E-state index contributed by atoms with van der Waals surface area (Å²) < 4.78 is 15.1. The maximum absolute atomic E-state index is 13.7. The Morgan fingerprint density at radius 1 is 0.938 bits per heavy atom. The van der Waals surface area contributed by atoms with Crippen LogP contribution in [-0.4, -0.2) is 26.6 Å². The highest BCUT2D eigenvalue weighted by molar-refractivity contribution is 6.05. The van der Waals surface area contributed by atoms with Crippen LogP contribution in [0.2, 0.25) is 0 Å². The van der Waals surface area contributed by atoms with Crippen molar-refractivity contribution in [1.82, 2.24) is 14.7 Å². The van der Waals surface area contributed by atoms with E-state index in [-0.39, 0.29) is 35.6 Å². The Balaban J connectivity index is 1.57. The second-order valence-electron chi connectivity index (χ2n) is 8.14. The highest BCUT2D eigenvalue weighted by Crippen LogP contribution is 2.30. The van der Waals surface area contributed by atoms with Crippen LogP contribution in [0.15, 0.2) is 83.7 Å². The first-order valence-electron chi connectivity index (χ1n) is 10.7. The fourth-order valence-corrected chi connectivity index (χ4v) is 3.98. The van der Waals surface area contributed by atoms with E-state index < -0.39 is 0 Å². The lowest BCUT2D eigenvalue weighted by molar-refractivity contribution is 0.0723. The molecule has 160 valence electrons. The highest BCUT2D eigenvalue weighted by atomic mass is 19.1. The van der Waals surface area contributed by atoms with E-state index in [9.17, 15) is 14.0 Å². The number of carbonyl (C=O) groups excluding carboxylic acids is 1. The standard InChI is InChI=1S/C26H22FN3O2/c27-20-10-6-9-19(15-20)16-29(21-13-14-21)26(32)24-22-11-4-5-12-23(22)25(31)30(28-24)17-18-7-2-1-3-8-18/h1-12,15,21H,13-14,16-17H2. The molecule has 3 aromatic carbocycles. The number of carbonyl (C=O) groups is 1. The van der Waals surface area contributed by atoms with E-state index in [2.05, 4.69) is 5.10 Å². The molecule has 5 rings (SSSR count). The molecule has 1 saturated carbocycles. The van der Waals surface area contributed by atoms with Gasteiger partial charge in [-0.1, -0.05) is 60.7 Å². The quantitative estimate of drug-likeness (QED) is 0.459. The van der Waals surface area contributed by atoms with Crippen molar-refractivity contribution in [1.29, 1.82) is 0 Å². The number of halogens is 1. The van der Waals surface area contributed by atoms with Gasteiger partial charge in [0.05, 0.1) is 11.9 Å². The van der Waals surface area contributed by atoms with E-state index in [1.165, 1.54) is 16.8 Å². The van der Waals surface area contributed by atoms with Crippen LogP contribution in [-0.2, 0) is 13.1 Å². The van der Waals surface area contributed by atoms with E-state index in [0.717, 1.165) is 24.0 Å². The number of benzene rings is 3. The predicted molar refractivity (Wildman–Crippen MR) is 121 cm³/mol. The van der Waals surface area contributed by atoms with Crippen LogP contribution in [0.1, 0.15) is 34.5 Å². The SMILES string of the molecule is O=C(c1nn(Cc2ccccc2)c(=O)c2ccccc12)N(Cc1cccc(F)c1)C1CC1. The number of nitrogens with zero attached hydrogens (tertiary/aromatic N) is 3. The van der Waals surface area contributed by atoms with Crippen molar-refractivity contribution >= 4 is 16.7 Å². The van der Waals surface area contributed by atoms with Gasteiger partial charge in [0.1, 0.15) is 5.82 Å². The molecule has 4 aromatic rings. The zero-order chi connectivity index (χ0) is 22.1. The van der Waals surface area contributed by atoms with Gasteiger partial charge < -0.3 is 4.90 Å². The van der Waals surface area contributed by atoms with Crippen LogP contribution in [0.25, 0.3) is 10.8 Å². The molecule has 1 aliphatic rings. The van der Waals surface area contributed by atoms with Crippen molar-refractivity contribution in [2.45, 2.75) is 32.0 Å². The van der Waals surface area contributed by atoms with E-state index in [4.69, 9.17) is 0 Å². The second-order valence-corrected chi connectivity index (χ2v) is 8.14. The van der Waals surface area contributed by atoms with Gasteiger partial charge in [0.15, 0.2) is 5.69 Å². The Morgan fingerprint density at radius 3 is 2.34 bits per heavy atom. The molecule has 1 heterocycles. The molecule has 0 N–H and O–H groups in total. The number of hydrogen-bond acceptors (Lipinski definition) is 3. The highest BCUT2D eigenvalue weighted by Gasteiger charge is 2.35. The van der Waals surface area contributed by atoms with Gasteiger partial charge in [-0.25, -0.2) is 9.07 Å². The van der Waals surface area contributed by atoms with Crippen molar-refractivity contribution in [3.63, 3.8) is 0 Å². The monoisotopic (exact) mass is 427 g/mol. The molecule has 6 heteroatoms. The van der Waals surface area contributed by atoms with Crippen molar-refractivity contribution in [3.8, 4) is 0 Å². The Hall–Kier alpha value is -3.80. The molecule has 1 fully saturated rings. The number of fused-ring (bicyclic) bond motifs is 1. The van der Waals surface area contributed by atoms with E-state index in [1.54, 1.807) is 35.2 Å². The predicted octanol–water partition coefficient (Wildman–Crippen LogP) is 4.39. The molecule has 0 atom stereocenters. The minimum Gasteiger partial charge on any atom is -0.330 e. The van der Waals surface area contributed by atoms with E-state index >= 15 is 0 Å². The Bertz CT molecular complexity index is 1350. The van der Waals surface area contributed by atoms with Gasteiger partial charge in [0.2, 0.25) is 0 Å². The molecule has 0 saturated heterocycles. The minimum atomic E-state index is -0.328. The third kappa shape index (κ3) is 4.04. The second kappa shape index (κ2) is 8.38. The van der Waals surface area contributed by atoms with E-state index in [0.29, 0.717) is 17.3 Å². The van der Waals surface area contributed by atoms with Gasteiger partial charge in [-0.3, -0.25) is 9.59 Å². The smallest absolute Gasteiger partial charge is 0.275 e. The lowest BCUT2D eigenvalue weighted by Crippen LogP contribution is -2.35. The summed E-state index contributed by atoms with van der Waals surface area (Å²) in [6.07, 6.45) is 1.81. The average Bonchev–Trinajstić information content (AvgIpc) is 3.65. The third-order valence-corrected chi connectivity index (χ3v) is 5.74. The first kappa shape index (κ1) is 20.1. The van der Waals surface area contributed by atoms with Crippen molar-refractivity contribution < 1.29 is 9.18 Å². The topological polar surface area (TPSA) is 55.2 Å². The van der Waals surface area contributed by atoms with Gasteiger partial charge in [-0.15, -0.1) is 0 Å². The molecule has 1 aliphatic carbocycles. The van der Waals surface area contributed by atoms with Gasteiger partial charge >= 0.3 is 0 Å². The molecule has 0 bridgehead atoms. The minimum absolute atomic E-state index is 0.0980. The van der Waals surface area contributed by atoms with Crippen LogP contribution in [0, 0.1) is 5.82 Å². The van der Waals surface area contributed by atoms with Gasteiger partial charge in [-0.05, 0) is 42.2 Å². The average molecular weight is 427 g/mol. The van der Waals surface area contributed by atoms with Crippen molar-refractivity contribution in [2.75, 3.05) is 0 Å². The molecular formula is C26H22FN3O2. The summed E-state index contributed by atoms with van der Waals surface area (Å²) in [5, 5.41) is 5.52. The maximum atomic E-state index is 13.7. The van der Waals surface area contributed by atoms with E-state index in [1.807, 2.05) is 36.4 Å². The van der Waals surface area contributed by atoms with Crippen LogP contribution in [0.3, 0.4) is 0 Å². The van der Waals surface area contributed by atoms with Gasteiger partial charge in [0, 0.05) is 18.0 Å². The molecule has 5 nitrogen and oxygen atoms in total. The summed E-state index contributed by atoms with van der Waals surface area (Å²) in [6, 6.07) is 23.0. The molecule has 0 spiro atoms. The first-order chi connectivity index (χ1) is 15.6. The summed E-state index contributed by atoms with van der Waals surface area (Å²) in [5.41, 5.74) is 1.67. The summed E-state index contributed by atoms with van der Waals surface area (Å²) >= 11 is 0. The third-order valence-electron chi connectivity index (χ3n) is 5.74. The summed E-state index contributed by atoms with van der Waals surface area (Å²) in [4.78, 5) is 28.5. The normalized spacial score (nSPS) is 13.3. The largest absolute Gasteiger partial charge is 0.330 e. The maximum Gasteiger partial charge on any atom is 0.275 e. The summed E-state index contributed by atoms with van der Waals surface area (Å²) in [5.74, 6) is -0.569. The summed E-state index contributed by atoms with van der Waals surface area (Å²) in [6.45, 7) is 0.577. The van der Waals surface area contributed by atoms with Crippen molar-refractivity contribution in [3.05, 3.63) is 112 Å². The molecule has 32 heavy (non-hydrogen) atoms. The molecule has 0 radical (unpaired) electrons. The molecular weight excluding hydrogens is 405 g/mol. The Labute approximate surface area is 184 Å². The molecule has 0 aliphatic heterocycles. The van der Waals surface area contributed by atoms with Crippen LogP contribution in [0.4, 0.5) is 4.39 Å². The lowest BCUT2D eigenvalue weighted by atomic mass is 10.1. The molecule has 1 aromatic heterocycles. The zero-order valence-corrected chi connectivity index (χ0v) is 17.4. The first-order valence-corrected chi connectivity index (χ1v) is 10.7. The fourth-order valence-electron chi connectivity index (χ4n) is 3.98. The number of hydrogen-bond donors (Lipinski definition) is 0. The summed E-state index contributed by atoms with van der Waals surface area (Å²) in [7, 11) is 0. The van der Waals surface area contributed by atoms with Gasteiger partial charge in [-0.2, -0.15) is 5.10 Å². The van der Waals surface area contributed by atoms with Crippen LogP contribution >= 0.6 is 0 Å². The van der Waals surface area contributed by atoms with Crippen molar-refractivity contribution in [2.24, 2.45) is 0 Å². The molecule has 0 unspecified atom stereocenters. The Morgan fingerprint density at radius 2 is 1.62 bits per heavy atom. The van der Waals surface area contributed by atoms with Gasteiger partial charge in [0.25, 0.3) is 11.5 Å². The number of rotatable bonds is 6. The number of amides is 1. The Kier molecular flexibility index (Phi) is 5.27. The van der Waals surface area contributed by atoms with Crippen LogP contribution in [0.5, 0.6) is 0 Å². The zero-order valence-electron chi connectivity index (χ0n) is 17.4. The molecule has 1 amide bonds. The number of aromatic nitrogens is 2. The lowest BCUT2D eigenvalue weighted by Gasteiger charge is -2.23. The van der Waals surface area contributed by atoms with Crippen LogP contribution < -0.4 is 5.56 Å². The fraction of sp³-hybridized carbons (Fsp3) is 0.192.